The molecule has 7 heteroatoms. The van der Waals surface area contributed by atoms with Crippen molar-refractivity contribution in [2.45, 2.75) is 13.0 Å². The molecule has 1 amide bonds. The number of nitrogens with one attached hydrogen (secondary N) is 2. The van der Waals surface area contributed by atoms with Crippen molar-refractivity contribution >= 4 is 45.7 Å². The molecule has 1 atom stereocenters. The molecular formula is C16H18ClN3O2S. The van der Waals surface area contributed by atoms with Crippen molar-refractivity contribution in [3.05, 3.63) is 39.8 Å². The maximum absolute atomic E-state index is 12.5. The summed E-state index contributed by atoms with van der Waals surface area (Å²) in [4.78, 5) is 29.0. The number of thioether (sulfide) groups is 1. The van der Waals surface area contributed by atoms with Gasteiger partial charge in [0.1, 0.15) is 0 Å². The Morgan fingerprint density at radius 1 is 1.39 bits per heavy atom. The van der Waals surface area contributed by atoms with E-state index in [1.165, 1.54) is 0 Å². The molecule has 0 aliphatic carbocycles. The van der Waals surface area contributed by atoms with E-state index in [0.717, 1.165) is 30.0 Å². The van der Waals surface area contributed by atoms with Crippen molar-refractivity contribution in [1.29, 1.82) is 0 Å². The van der Waals surface area contributed by atoms with Gasteiger partial charge in [0.05, 0.1) is 16.8 Å². The number of fused-ring (bicyclic) bond motifs is 1. The normalized spacial score (nSPS) is 17.1. The summed E-state index contributed by atoms with van der Waals surface area (Å²) >= 11 is 8.14. The molecule has 1 fully saturated rings. The van der Waals surface area contributed by atoms with Crippen molar-refractivity contribution in [1.82, 2.24) is 9.88 Å². The van der Waals surface area contributed by atoms with Gasteiger partial charge in [0.25, 0.3) is 5.56 Å². The number of amides is 1. The molecule has 23 heavy (non-hydrogen) atoms. The Hall–Kier alpha value is -1.50. The summed E-state index contributed by atoms with van der Waals surface area (Å²) in [5, 5.41) is 4.51. The fourth-order valence-corrected chi connectivity index (χ4v) is 3.82. The first-order chi connectivity index (χ1) is 11.1. The third kappa shape index (κ3) is 3.54. The largest absolute Gasteiger partial charge is 0.329 e. The lowest BCUT2D eigenvalue weighted by Crippen LogP contribution is -2.46. The van der Waals surface area contributed by atoms with Crippen LogP contribution in [-0.4, -0.2) is 46.4 Å². The number of pyridine rings is 1. The second-order valence-electron chi connectivity index (χ2n) is 5.54. The van der Waals surface area contributed by atoms with Crippen LogP contribution >= 0.6 is 23.4 Å². The van der Waals surface area contributed by atoms with Gasteiger partial charge in [0, 0.05) is 36.2 Å². The first-order valence-corrected chi connectivity index (χ1v) is 9.03. The van der Waals surface area contributed by atoms with E-state index in [2.05, 4.69) is 15.2 Å². The number of aromatic nitrogens is 1. The minimum atomic E-state index is -0.207. The van der Waals surface area contributed by atoms with E-state index >= 15 is 0 Å². The zero-order valence-electron chi connectivity index (χ0n) is 12.8. The summed E-state index contributed by atoms with van der Waals surface area (Å²) < 4.78 is 0. The number of carbonyl (C=O) groups excluding carboxylic acids is 1. The molecule has 122 valence electrons. The molecule has 2 N–H and O–H groups in total. The van der Waals surface area contributed by atoms with Crippen LogP contribution in [0.4, 0.5) is 5.69 Å². The number of nitrogens with zero attached hydrogens (tertiary/aromatic N) is 1. The molecule has 0 saturated carbocycles. The van der Waals surface area contributed by atoms with E-state index in [4.69, 9.17) is 11.6 Å². The van der Waals surface area contributed by atoms with Gasteiger partial charge in [-0.3, -0.25) is 14.5 Å². The quantitative estimate of drug-likeness (QED) is 0.892. The topological polar surface area (TPSA) is 65.2 Å². The molecular weight excluding hydrogens is 334 g/mol. The highest BCUT2D eigenvalue weighted by Gasteiger charge is 2.23. The average Bonchev–Trinajstić information content (AvgIpc) is 2.56. The lowest BCUT2D eigenvalue weighted by atomic mass is 10.1. The van der Waals surface area contributed by atoms with E-state index in [1.807, 2.05) is 18.7 Å². The standard InChI is InChI=1S/C16H18ClN3O2S/c1-10(20-4-6-23-7-5-20)15(21)19-14-8-11-2-3-18-16(22)12(11)9-13(14)17/h2-3,8-10H,4-7H2,1H3,(H,18,22)(H,19,21). The molecule has 2 aromatic rings. The second-order valence-corrected chi connectivity index (χ2v) is 7.17. The highest BCUT2D eigenvalue weighted by Crippen LogP contribution is 2.27. The van der Waals surface area contributed by atoms with Crippen LogP contribution in [0.2, 0.25) is 5.02 Å². The van der Waals surface area contributed by atoms with E-state index in [-0.39, 0.29) is 17.5 Å². The third-order valence-corrected chi connectivity index (χ3v) is 5.35. The van der Waals surface area contributed by atoms with Gasteiger partial charge in [-0.15, -0.1) is 0 Å². The van der Waals surface area contributed by atoms with Gasteiger partial charge in [-0.1, -0.05) is 11.6 Å². The Labute approximate surface area is 143 Å². The monoisotopic (exact) mass is 351 g/mol. The maximum atomic E-state index is 12.5. The van der Waals surface area contributed by atoms with Crippen LogP contribution in [0, 0.1) is 0 Å². The van der Waals surface area contributed by atoms with Crippen LogP contribution in [0.3, 0.4) is 0 Å². The number of carbonyl (C=O) groups is 1. The zero-order valence-corrected chi connectivity index (χ0v) is 14.3. The highest BCUT2D eigenvalue weighted by atomic mass is 35.5. The predicted octanol–water partition coefficient (Wildman–Crippen LogP) is 2.56. The molecule has 1 unspecified atom stereocenters. The molecule has 2 heterocycles. The molecule has 0 spiro atoms. The molecule has 5 nitrogen and oxygen atoms in total. The minimum absolute atomic E-state index is 0.0806. The summed E-state index contributed by atoms with van der Waals surface area (Å²) in [5.41, 5.74) is 0.342. The van der Waals surface area contributed by atoms with E-state index in [1.54, 1.807) is 24.4 Å². The highest BCUT2D eigenvalue weighted by molar-refractivity contribution is 7.99. The van der Waals surface area contributed by atoms with Gasteiger partial charge < -0.3 is 10.3 Å². The first kappa shape index (κ1) is 16.4. The van der Waals surface area contributed by atoms with Crippen LogP contribution in [-0.2, 0) is 4.79 Å². The number of rotatable bonds is 3. The van der Waals surface area contributed by atoms with Crippen molar-refractivity contribution in [2.75, 3.05) is 29.9 Å². The van der Waals surface area contributed by atoms with E-state index in [0.29, 0.717) is 16.1 Å². The van der Waals surface area contributed by atoms with Crippen LogP contribution < -0.4 is 10.9 Å². The zero-order chi connectivity index (χ0) is 16.4. The number of anilines is 1. The smallest absolute Gasteiger partial charge is 0.255 e. The van der Waals surface area contributed by atoms with Crippen molar-refractivity contribution < 1.29 is 4.79 Å². The number of H-pyrrole nitrogens is 1. The second kappa shape index (κ2) is 6.95. The average molecular weight is 352 g/mol. The summed E-state index contributed by atoms with van der Waals surface area (Å²) in [6.45, 7) is 3.74. The molecule has 0 radical (unpaired) electrons. The summed E-state index contributed by atoms with van der Waals surface area (Å²) in [5.74, 6) is 2.02. The van der Waals surface area contributed by atoms with Crippen molar-refractivity contribution in [3.8, 4) is 0 Å². The molecule has 1 aromatic heterocycles. The summed E-state index contributed by atoms with van der Waals surface area (Å²) in [7, 11) is 0. The van der Waals surface area contributed by atoms with E-state index < -0.39 is 0 Å². The van der Waals surface area contributed by atoms with Crippen LogP contribution in [0.5, 0.6) is 0 Å². The van der Waals surface area contributed by atoms with Gasteiger partial charge in [0.2, 0.25) is 5.91 Å². The van der Waals surface area contributed by atoms with Crippen LogP contribution in [0.15, 0.2) is 29.2 Å². The van der Waals surface area contributed by atoms with Gasteiger partial charge in [-0.05, 0) is 30.5 Å². The van der Waals surface area contributed by atoms with Gasteiger partial charge >= 0.3 is 0 Å². The van der Waals surface area contributed by atoms with Crippen LogP contribution in [0.25, 0.3) is 10.8 Å². The Morgan fingerprint density at radius 3 is 2.87 bits per heavy atom. The lowest BCUT2D eigenvalue weighted by molar-refractivity contribution is -0.120. The summed E-state index contributed by atoms with van der Waals surface area (Å²) in [6.07, 6.45) is 1.58. The Kier molecular flexibility index (Phi) is 4.94. The van der Waals surface area contributed by atoms with Crippen LogP contribution in [0.1, 0.15) is 6.92 Å². The number of hydrogen-bond donors (Lipinski definition) is 2. The molecule has 1 aliphatic heterocycles. The molecule has 3 rings (SSSR count). The Bertz CT molecular complexity index is 786. The fourth-order valence-electron chi connectivity index (χ4n) is 2.67. The SMILES string of the molecule is CC(C(=O)Nc1cc2cc[nH]c(=O)c2cc1Cl)N1CCSCC1. The molecule has 1 saturated heterocycles. The molecule has 1 aliphatic rings. The predicted molar refractivity (Wildman–Crippen MR) is 96.6 cm³/mol. The Morgan fingerprint density at radius 2 is 2.13 bits per heavy atom. The summed E-state index contributed by atoms with van der Waals surface area (Å²) in [6, 6.07) is 4.91. The lowest BCUT2D eigenvalue weighted by Gasteiger charge is -2.31. The van der Waals surface area contributed by atoms with Gasteiger partial charge in [-0.2, -0.15) is 11.8 Å². The number of aromatic amines is 1. The van der Waals surface area contributed by atoms with Gasteiger partial charge in [0.15, 0.2) is 0 Å². The Balaban J connectivity index is 1.81. The molecule has 1 aromatic carbocycles. The van der Waals surface area contributed by atoms with Gasteiger partial charge in [-0.25, -0.2) is 0 Å². The van der Waals surface area contributed by atoms with Crippen molar-refractivity contribution in [3.63, 3.8) is 0 Å². The number of benzene rings is 1. The maximum Gasteiger partial charge on any atom is 0.255 e. The fraction of sp³-hybridized carbons (Fsp3) is 0.375. The molecule has 0 bridgehead atoms. The number of hydrogen-bond acceptors (Lipinski definition) is 4. The first-order valence-electron chi connectivity index (χ1n) is 7.50. The third-order valence-electron chi connectivity index (χ3n) is 4.09. The van der Waals surface area contributed by atoms with Crippen molar-refractivity contribution in [2.24, 2.45) is 0 Å². The minimum Gasteiger partial charge on any atom is -0.329 e. The van der Waals surface area contributed by atoms with E-state index in [9.17, 15) is 9.59 Å². The number of halogens is 1.